The Bertz CT molecular complexity index is 2570. The highest BCUT2D eigenvalue weighted by Gasteiger charge is 2.47. The van der Waals surface area contributed by atoms with Gasteiger partial charge >= 0.3 is 0 Å². The molecule has 14 atom stereocenters. The van der Waals surface area contributed by atoms with E-state index in [1.807, 2.05) is 69.2 Å². The second-order valence-corrected chi connectivity index (χ2v) is 30.3. The Kier molecular flexibility index (Phi) is 37.4. The SMILES string of the molecule is C/C=C/C[C@@H](C)[C@@H](O)[C@@H]1C(=O)N[C@H](CC)C(=O)N(C)[C@H](C[S+]([O-])CCN(CC)CC)C(=O)N(C)[C@@H](CC(C)C)C(=O)N[C@H](C(C)C)C(=O)N(C)[C@H](CC(C)C)C(=O)N[C@H](C)C(=O)N[C@@H](C)C(=O)N(C)[C@H](CC(C)C)C(=O)N(C)[C@H](CC(C)C)C(=O)N(C)[C@H](C(C)C)C(=O)N1C. The van der Waals surface area contributed by atoms with Gasteiger partial charge in [0.15, 0.2) is 6.04 Å². The summed E-state index contributed by atoms with van der Waals surface area (Å²) < 4.78 is 14.3. The van der Waals surface area contributed by atoms with Gasteiger partial charge in [-0.3, -0.25) is 57.6 Å². The predicted octanol–water partition coefficient (Wildman–Crippen LogP) is 3.73. The lowest BCUT2D eigenvalue weighted by Gasteiger charge is -2.41. The van der Waals surface area contributed by atoms with Crippen molar-refractivity contribution in [2.24, 2.45) is 41.4 Å². The monoisotopic (exact) mass is 1360 g/mol. The number of rotatable bonds is 22. The standard InChI is InChI=1S/C69H126N12O13S/c1-27-31-32-46(17)58(82)57-62(86)72-49(28-2)64(88)78(24)54(39-95(94)34-33-81(29-3)30-4)67(91)74(20)51(36-41(7)8)61(85)73-55(44(13)14)68(92)75(21)50(35-40(5)6)60(84)70-47(18)59(83)71-48(19)63(87)76(22)52(37-42(9)10)65(89)77(23)53(38-43(11)12)66(90)79(25)56(45(15)16)69(93)80(57)26/h27,31,40-58,82H,28-30,32-39H2,1-26H3,(H,70,84)(H,71,83)(H,72,86)(H,73,85)/b31-27+/t46-,47-,48+,49-,50-,51+,52-,53-,54-,55-,56-,57-,58-,95?/m1/s1. The van der Waals surface area contributed by atoms with Gasteiger partial charge in [-0.25, -0.2) is 0 Å². The summed E-state index contributed by atoms with van der Waals surface area (Å²) in [5, 5.41) is 23.4. The average Bonchev–Trinajstić information content (AvgIpc) is 0.881. The van der Waals surface area contributed by atoms with Crippen molar-refractivity contribution in [2.45, 2.75) is 243 Å². The van der Waals surface area contributed by atoms with E-state index in [-0.39, 0.29) is 73.7 Å². The van der Waals surface area contributed by atoms with Crippen molar-refractivity contribution in [1.82, 2.24) is 60.5 Å². The van der Waals surface area contributed by atoms with Crippen LogP contribution in [0.2, 0.25) is 0 Å². The minimum atomic E-state index is -1.74. The molecular weight excluding hydrogens is 1240 g/mol. The Labute approximate surface area is 573 Å². The number of nitrogens with zero attached hydrogens (tertiary/aromatic N) is 8. The zero-order valence-electron chi connectivity index (χ0n) is 62.7. The highest BCUT2D eigenvalue weighted by Crippen LogP contribution is 2.26. The molecule has 0 aliphatic carbocycles. The Morgan fingerprint density at radius 2 is 0.874 bits per heavy atom. The summed E-state index contributed by atoms with van der Waals surface area (Å²) in [4.78, 5) is 175. The minimum Gasteiger partial charge on any atom is -0.616 e. The van der Waals surface area contributed by atoms with Gasteiger partial charge in [-0.15, -0.1) is 0 Å². The number of carbonyl (C=O) groups is 11. The van der Waals surface area contributed by atoms with Gasteiger partial charge in [-0.2, -0.15) is 0 Å². The van der Waals surface area contributed by atoms with Crippen LogP contribution in [0.4, 0.5) is 0 Å². The zero-order chi connectivity index (χ0) is 73.5. The third-order valence-electron chi connectivity index (χ3n) is 18.3. The molecule has 0 aromatic rings. The molecule has 0 aromatic heterocycles. The molecule has 1 aliphatic rings. The molecule has 0 aromatic carbocycles. The van der Waals surface area contributed by atoms with Gasteiger partial charge in [-0.05, 0) is 125 Å². The predicted molar refractivity (Wildman–Crippen MR) is 373 cm³/mol. The van der Waals surface area contributed by atoms with Gasteiger partial charge in [0.2, 0.25) is 59.1 Å². The van der Waals surface area contributed by atoms with Gasteiger partial charge in [0.05, 0.1) is 6.10 Å². The summed E-state index contributed by atoms with van der Waals surface area (Å²) in [7, 11) is 9.84. The van der Waals surface area contributed by atoms with Crippen LogP contribution in [0.5, 0.6) is 0 Å². The average molecular weight is 1360 g/mol. The summed E-state index contributed by atoms with van der Waals surface area (Å²) in [6.45, 7) is 35.4. The Morgan fingerprint density at radius 3 is 1.32 bits per heavy atom. The molecule has 0 spiro atoms. The quantitative estimate of drug-likeness (QED) is 0.0763. The smallest absolute Gasteiger partial charge is 0.250 e. The number of aliphatic hydroxyl groups is 1. The lowest BCUT2D eigenvalue weighted by atomic mass is 9.91. The van der Waals surface area contributed by atoms with Crippen molar-refractivity contribution in [2.75, 3.05) is 80.5 Å². The van der Waals surface area contributed by atoms with E-state index < -0.39 is 166 Å². The van der Waals surface area contributed by atoms with Gasteiger partial charge in [-0.1, -0.05) is 123 Å². The number of aliphatic hydroxyl groups excluding tert-OH is 1. The first-order valence-electron chi connectivity index (χ1n) is 34.5. The van der Waals surface area contributed by atoms with E-state index in [4.69, 9.17) is 0 Å². The Morgan fingerprint density at radius 1 is 0.474 bits per heavy atom. The van der Waals surface area contributed by atoms with E-state index in [1.165, 1.54) is 87.7 Å². The van der Waals surface area contributed by atoms with Gasteiger partial charge in [0.25, 0.3) is 5.91 Å². The first-order valence-corrected chi connectivity index (χ1v) is 35.9. The second-order valence-electron chi connectivity index (χ2n) is 28.6. The summed E-state index contributed by atoms with van der Waals surface area (Å²) in [5.41, 5.74) is 0. The first-order chi connectivity index (χ1) is 44.0. The van der Waals surface area contributed by atoms with E-state index in [0.29, 0.717) is 19.6 Å². The topological polar surface area (TPSA) is 305 Å². The van der Waals surface area contributed by atoms with Gasteiger partial charge in [0.1, 0.15) is 71.9 Å². The number of hydrogen-bond donors (Lipinski definition) is 5. The van der Waals surface area contributed by atoms with Crippen LogP contribution >= 0.6 is 0 Å². The van der Waals surface area contributed by atoms with Crippen LogP contribution in [0.25, 0.3) is 0 Å². The highest BCUT2D eigenvalue weighted by molar-refractivity contribution is 7.91. The van der Waals surface area contributed by atoms with Crippen LogP contribution in [0.3, 0.4) is 0 Å². The fourth-order valence-electron chi connectivity index (χ4n) is 12.0. The van der Waals surface area contributed by atoms with E-state index in [1.54, 1.807) is 60.6 Å². The number of amides is 11. The summed E-state index contributed by atoms with van der Waals surface area (Å²) >= 11 is -1.74. The molecule has 1 saturated heterocycles. The molecule has 546 valence electrons. The molecular formula is C69H126N12O13S. The maximum atomic E-state index is 15.4. The van der Waals surface area contributed by atoms with Crippen LogP contribution in [0.15, 0.2) is 12.2 Å². The number of nitrogens with one attached hydrogen (secondary N) is 4. The highest BCUT2D eigenvalue weighted by atomic mass is 32.2. The van der Waals surface area contributed by atoms with Crippen LogP contribution in [0, 0.1) is 41.4 Å². The molecule has 1 fully saturated rings. The van der Waals surface area contributed by atoms with Crippen molar-refractivity contribution in [3.63, 3.8) is 0 Å². The first kappa shape index (κ1) is 87.2. The van der Waals surface area contributed by atoms with Crippen molar-refractivity contribution >= 4 is 76.2 Å². The summed E-state index contributed by atoms with van der Waals surface area (Å²) in [6, 6.07) is -14.4. The van der Waals surface area contributed by atoms with Crippen LogP contribution in [-0.2, 0) is 63.9 Å². The normalized spacial score (nSPS) is 26.5. The Balaban J connectivity index is 4.59. The minimum absolute atomic E-state index is 0.0627. The molecule has 1 aliphatic heterocycles. The summed E-state index contributed by atoms with van der Waals surface area (Å²) in [6.07, 6.45) is 2.70. The molecule has 0 bridgehead atoms. The number of likely N-dealkylation sites (N-methyl/N-ethyl adjacent to an activating group) is 7. The third kappa shape index (κ3) is 25.2. The van der Waals surface area contributed by atoms with Crippen LogP contribution in [0.1, 0.15) is 170 Å². The summed E-state index contributed by atoms with van der Waals surface area (Å²) in [5.74, 6) is -10.7. The lowest BCUT2D eigenvalue weighted by molar-refractivity contribution is -0.157. The largest absolute Gasteiger partial charge is 0.616 e. The number of allylic oxidation sites excluding steroid dienone is 2. The molecule has 1 rings (SSSR count). The van der Waals surface area contributed by atoms with Crippen molar-refractivity contribution in [1.29, 1.82) is 0 Å². The molecule has 25 nitrogen and oxygen atoms in total. The number of hydrogen-bond acceptors (Lipinski definition) is 14. The molecule has 95 heavy (non-hydrogen) atoms. The van der Waals surface area contributed by atoms with Crippen LogP contribution in [-0.4, -0.2) is 267 Å². The van der Waals surface area contributed by atoms with E-state index in [9.17, 15) is 33.6 Å². The molecule has 1 heterocycles. The van der Waals surface area contributed by atoms with E-state index >= 15 is 28.8 Å². The third-order valence-corrected chi connectivity index (χ3v) is 19.6. The van der Waals surface area contributed by atoms with E-state index in [0.717, 1.165) is 9.80 Å². The molecule has 5 N–H and O–H groups in total. The van der Waals surface area contributed by atoms with Gasteiger partial charge in [0, 0.05) is 55.9 Å². The molecule has 26 heteroatoms. The lowest BCUT2D eigenvalue weighted by Crippen LogP contribution is -2.64. The van der Waals surface area contributed by atoms with Crippen molar-refractivity contribution in [3.05, 3.63) is 12.2 Å². The van der Waals surface area contributed by atoms with E-state index in [2.05, 4.69) is 26.2 Å². The van der Waals surface area contributed by atoms with Crippen molar-refractivity contribution < 1.29 is 62.4 Å². The fourth-order valence-corrected chi connectivity index (χ4v) is 13.4. The van der Waals surface area contributed by atoms with Gasteiger partial charge < -0.3 is 65.2 Å². The molecule has 1 unspecified atom stereocenters. The number of carbonyl (C=O) groups excluding carboxylic acids is 11. The fraction of sp³-hybridized carbons (Fsp3) is 0.812. The molecule has 11 amide bonds. The second kappa shape index (κ2) is 40.8. The molecule has 0 radical (unpaired) electrons. The van der Waals surface area contributed by atoms with Crippen molar-refractivity contribution in [3.8, 4) is 0 Å². The maximum Gasteiger partial charge on any atom is 0.250 e. The Hall–Kier alpha value is -5.86. The molecule has 0 saturated carbocycles. The zero-order valence-corrected chi connectivity index (χ0v) is 63.6. The maximum absolute atomic E-state index is 15.4. The van der Waals surface area contributed by atoms with Crippen LogP contribution < -0.4 is 21.3 Å².